The lowest BCUT2D eigenvalue weighted by molar-refractivity contribution is -0.0943. The van der Waals surface area contributed by atoms with Gasteiger partial charge in [-0.15, -0.1) is 0 Å². The first-order valence-electron chi connectivity index (χ1n) is 7.39. The quantitative estimate of drug-likeness (QED) is 0.666. The van der Waals surface area contributed by atoms with Gasteiger partial charge in [0.1, 0.15) is 5.15 Å². The number of hydrogen-bond acceptors (Lipinski definition) is 6. The molecule has 27 heavy (non-hydrogen) atoms. The SMILES string of the molecule is COc1ccc(Nc2nc(Cl)c3ccn(C(=O)C(F)(F)F)c3n2)cc1OC. The van der Waals surface area contributed by atoms with Gasteiger partial charge in [0, 0.05) is 18.0 Å². The Morgan fingerprint density at radius 2 is 1.85 bits per heavy atom. The predicted octanol–water partition coefficient (Wildman–Crippen LogP) is 4.05. The summed E-state index contributed by atoms with van der Waals surface area (Å²) in [6.07, 6.45) is -4.11. The number of fused-ring (bicyclic) bond motifs is 1. The second kappa shape index (κ2) is 6.95. The first-order chi connectivity index (χ1) is 12.7. The van der Waals surface area contributed by atoms with Crippen molar-refractivity contribution in [1.82, 2.24) is 14.5 Å². The summed E-state index contributed by atoms with van der Waals surface area (Å²) in [6, 6.07) is 6.07. The standard InChI is InChI=1S/C16H12ClF3N4O3/c1-26-10-4-3-8(7-11(10)27-2)21-15-22-12(17)9-5-6-24(13(9)23-15)14(25)16(18,19)20/h3-7H,1-2H3,(H,21,22,23). The van der Waals surface area contributed by atoms with Gasteiger partial charge in [0.25, 0.3) is 0 Å². The molecule has 3 rings (SSSR count). The van der Waals surface area contributed by atoms with Crippen molar-refractivity contribution in [2.45, 2.75) is 6.18 Å². The predicted molar refractivity (Wildman–Crippen MR) is 92.0 cm³/mol. The largest absolute Gasteiger partial charge is 0.493 e. The summed E-state index contributed by atoms with van der Waals surface area (Å²) in [5.74, 6) is -1.26. The van der Waals surface area contributed by atoms with E-state index in [-0.39, 0.29) is 22.1 Å². The molecule has 0 spiro atoms. The van der Waals surface area contributed by atoms with Crippen molar-refractivity contribution >= 4 is 40.2 Å². The molecule has 0 bridgehead atoms. The number of alkyl halides is 3. The highest BCUT2D eigenvalue weighted by atomic mass is 35.5. The third-order valence-corrected chi connectivity index (χ3v) is 3.89. The van der Waals surface area contributed by atoms with Crippen LogP contribution >= 0.6 is 11.6 Å². The molecule has 142 valence electrons. The number of nitrogens with one attached hydrogen (secondary N) is 1. The van der Waals surface area contributed by atoms with E-state index in [1.165, 1.54) is 20.3 Å². The zero-order chi connectivity index (χ0) is 19.8. The Morgan fingerprint density at radius 1 is 1.15 bits per heavy atom. The van der Waals surface area contributed by atoms with Crippen LogP contribution in [0.15, 0.2) is 30.5 Å². The van der Waals surface area contributed by atoms with Gasteiger partial charge in [-0.25, -0.2) is 4.98 Å². The van der Waals surface area contributed by atoms with Crippen molar-refractivity contribution in [3.8, 4) is 11.5 Å². The summed E-state index contributed by atoms with van der Waals surface area (Å²) in [6.45, 7) is 0. The molecular weight excluding hydrogens is 389 g/mol. The molecule has 1 aromatic carbocycles. The molecule has 0 saturated carbocycles. The Morgan fingerprint density at radius 3 is 2.48 bits per heavy atom. The van der Waals surface area contributed by atoms with Gasteiger partial charge >= 0.3 is 12.1 Å². The molecule has 7 nitrogen and oxygen atoms in total. The molecule has 0 amide bonds. The first kappa shape index (κ1) is 18.8. The number of anilines is 2. The van der Waals surface area contributed by atoms with Gasteiger partial charge in [0.2, 0.25) is 5.95 Å². The number of methoxy groups -OCH3 is 2. The fourth-order valence-corrected chi connectivity index (χ4v) is 2.60. The number of nitrogens with zero attached hydrogens (tertiary/aromatic N) is 3. The third-order valence-electron chi connectivity index (χ3n) is 3.60. The van der Waals surface area contributed by atoms with Crippen LogP contribution < -0.4 is 14.8 Å². The normalized spacial score (nSPS) is 11.5. The molecule has 0 unspecified atom stereocenters. The van der Waals surface area contributed by atoms with Crippen molar-refractivity contribution in [3.63, 3.8) is 0 Å². The minimum absolute atomic E-state index is 0.0883. The second-order valence-electron chi connectivity index (χ2n) is 5.26. The Balaban J connectivity index is 2.02. The van der Waals surface area contributed by atoms with Gasteiger partial charge in [-0.3, -0.25) is 9.36 Å². The molecule has 0 aliphatic heterocycles. The summed E-state index contributed by atoms with van der Waals surface area (Å²) < 4.78 is 49.0. The number of ether oxygens (including phenoxy) is 2. The van der Waals surface area contributed by atoms with Crippen LogP contribution in [0.1, 0.15) is 4.79 Å². The highest BCUT2D eigenvalue weighted by Crippen LogP contribution is 2.32. The Hall–Kier alpha value is -3.01. The smallest absolute Gasteiger partial charge is 0.472 e. The molecule has 3 aromatic rings. The molecular formula is C16H12ClF3N4O3. The molecule has 0 atom stereocenters. The van der Waals surface area contributed by atoms with Crippen molar-refractivity contribution in [2.24, 2.45) is 0 Å². The lowest BCUT2D eigenvalue weighted by Crippen LogP contribution is -2.28. The van der Waals surface area contributed by atoms with Crippen LogP contribution in [-0.4, -0.2) is 40.8 Å². The minimum atomic E-state index is -5.06. The molecule has 2 aromatic heterocycles. The van der Waals surface area contributed by atoms with Crippen LogP contribution in [0.5, 0.6) is 11.5 Å². The maximum absolute atomic E-state index is 12.8. The molecule has 0 fully saturated rings. The van der Waals surface area contributed by atoms with E-state index in [0.717, 1.165) is 6.20 Å². The summed E-state index contributed by atoms with van der Waals surface area (Å²) in [5.41, 5.74) is 0.212. The van der Waals surface area contributed by atoms with E-state index in [1.54, 1.807) is 18.2 Å². The number of halogens is 4. The zero-order valence-electron chi connectivity index (χ0n) is 14.0. The van der Waals surface area contributed by atoms with Crippen LogP contribution in [0.2, 0.25) is 5.15 Å². The first-order valence-corrected chi connectivity index (χ1v) is 7.77. The summed E-state index contributed by atoms with van der Waals surface area (Å²) >= 11 is 6.03. The van der Waals surface area contributed by atoms with Crippen LogP contribution in [0.3, 0.4) is 0 Å². The summed E-state index contributed by atoms with van der Waals surface area (Å²) in [7, 11) is 2.93. The van der Waals surface area contributed by atoms with Gasteiger partial charge < -0.3 is 14.8 Å². The van der Waals surface area contributed by atoms with Gasteiger partial charge in [-0.2, -0.15) is 18.2 Å². The Bertz CT molecular complexity index is 1020. The average Bonchev–Trinajstić information content (AvgIpc) is 3.04. The molecule has 1 N–H and O–H groups in total. The topological polar surface area (TPSA) is 78.3 Å². The fraction of sp³-hybridized carbons (Fsp3) is 0.188. The van der Waals surface area contributed by atoms with E-state index >= 15 is 0 Å². The van der Waals surface area contributed by atoms with E-state index in [2.05, 4.69) is 15.3 Å². The monoisotopic (exact) mass is 400 g/mol. The fourth-order valence-electron chi connectivity index (χ4n) is 2.38. The maximum Gasteiger partial charge on any atom is 0.472 e. The molecule has 2 heterocycles. The highest BCUT2D eigenvalue weighted by molar-refractivity contribution is 6.34. The molecule has 0 radical (unpaired) electrons. The lowest BCUT2D eigenvalue weighted by Gasteiger charge is -2.11. The van der Waals surface area contributed by atoms with Crippen LogP contribution in [0, 0.1) is 0 Å². The number of carbonyl (C=O) groups excluding carboxylic acids is 1. The minimum Gasteiger partial charge on any atom is -0.493 e. The van der Waals surface area contributed by atoms with Crippen LogP contribution in [0.25, 0.3) is 11.0 Å². The van der Waals surface area contributed by atoms with Gasteiger partial charge in [-0.05, 0) is 18.2 Å². The van der Waals surface area contributed by atoms with E-state index in [4.69, 9.17) is 21.1 Å². The summed E-state index contributed by atoms with van der Waals surface area (Å²) in [4.78, 5) is 19.5. The van der Waals surface area contributed by atoms with E-state index in [0.29, 0.717) is 21.8 Å². The number of hydrogen-bond donors (Lipinski definition) is 1. The van der Waals surface area contributed by atoms with Crippen LogP contribution in [-0.2, 0) is 0 Å². The lowest BCUT2D eigenvalue weighted by atomic mass is 10.3. The Labute approximate surface area is 155 Å². The molecule has 0 saturated heterocycles. The second-order valence-corrected chi connectivity index (χ2v) is 5.62. The third kappa shape index (κ3) is 3.61. The highest BCUT2D eigenvalue weighted by Gasteiger charge is 2.40. The van der Waals surface area contributed by atoms with Gasteiger partial charge in [0.15, 0.2) is 17.1 Å². The molecule has 0 aliphatic carbocycles. The van der Waals surface area contributed by atoms with Gasteiger partial charge in [0.05, 0.1) is 19.6 Å². The van der Waals surface area contributed by atoms with Crippen molar-refractivity contribution in [3.05, 3.63) is 35.6 Å². The van der Waals surface area contributed by atoms with E-state index in [9.17, 15) is 18.0 Å². The van der Waals surface area contributed by atoms with E-state index < -0.39 is 12.1 Å². The number of carbonyl (C=O) groups is 1. The molecule has 0 aliphatic rings. The van der Waals surface area contributed by atoms with Crippen molar-refractivity contribution < 1.29 is 27.4 Å². The van der Waals surface area contributed by atoms with Gasteiger partial charge in [-0.1, -0.05) is 11.6 Å². The average molecular weight is 401 g/mol. The van der Waals surface area contributed by atoms with Crippen molar-refractivity contribution in [2.75, 3.05) is 19.5 Å². The van der Waals surface area contributed by atoms with Crippen LogP contribution in [0.4, 0.5) is 24.8 Å². The number of aromatic nitrogens is 3. The van der Waals surface area contributed by atoms with E-state index in [1.807, 2.05) is 0 Å². The maximum atomic E-state index is 12.8. The van der Waals surface area contributed by atoms with Crippen molar-refractivity contribution in [1.29, 1.82) is 0 Å². The number of benzene rings is 1. The summed E-state index contributed by atoms with van der Waals surface area (Å²) in [5, 5.41) is 2.83. The number of rotatable bonds is 4. The zero-order valence-corrected chi connectivity index (χ0v) is 14.7. The Kier molecular flexibility index (Phi) is 4.83. The molecule has 11 heteroatoms.